The normalized spacial score (nSPS) is 18.2. The predicted octanol–water partition coefficient (Wildman–Crippen LogP) is 1.74. The first-order chi connectivity index (χ1) is 8.85. The van der Waals surface area contributed by atoms with E-state index < -0.39 is 0 Å². The molecule has 1 rings (SSSR count). The minimum absolute atomic E-state index is 0.106. The van der Waals surface area contributed by atoms with Crippen molar-refractivity contribution in [1.29, 1.82) is 0 Å². The highest BCUT2D eigenvalue weighted by atomic mass is 16.1. The molecular weight excluding hydrogens is 238 g/mol. The van der Waals surface area contributed by atoms with Crippen molar-refractivity contribution in [2.24, 2.45) is 11.7 Å². The maximum Gasteiger partial charge on any atom is 0.222 e. The van der Waals surface area contributed by atoms with E-state index in [2.05, 4.69) is 17.1 Å². The van der Waals surface area contributed by atoms with Crippen LogP contribution in [-0.2, 0) is 4.79 Å². The van der Waals surface area contributed by atoms with Crippen LogP contribution in [0.5, 0.6) is 0 Å². The molecule has 0 heterocycles. The lowest BCUT2D eigenvalue weighted by atomic mass is 9.84. The van der Waals surface area contributed by atoms with Crippen molar-refractivity contribution in [2.75, 3.05) is 19.6 Å². The van der Waals surface area contributed by atoms with E-state index in [1.807, 2.05) is 20.8 Å². The summed E-state index contributed by atoms with van der Waals surface area (Å²) in [4.78, 5) is 14.4. The van der Waals surface area contributed by atoms with Crippen LogP contribution in [0.15, 0.2) is 0 Å². The zero-order valence-corrected chi connectivity index (χ0v) is 13.0. The molecule has 1 fully saturated rings. The van der Waals surface area contributed by atoms with Crippen molar-refractivity contribution in [3.8, 4) is 0 Å². The predicted molar refractivity (Wildman–Crippen MR) is 79.9 cm³/mol. The van der Waals surface area contributed by atoms with Gasteiger partial charge in [-0.2, -0.15) is 0 Å². The number of carbonyl (C=O) groups excluding carboxylic acids is 1. The summed E-state index contributed by atoms with van der Waals surface area (Å²) in [6.07, 6.45) is 4.54. The van der Waals surface area contributed by atoms with E-state index in [1.54, 1.807) is 0 Å². The zero-order valence-electron chi connectivity index (χ0n) is 13.0. The Morgan fingerprint density at radius 2 is 2.05 bits per heavy atom. The standard InChI is InChI=1S/C15H31N3O/c1-5-18(11-12-7-6-8-12)13(10-16)9-14(19)17-15(2,3)4/h12-13H,5-11,16H2,1-4H3,(H,17,19). The van der Waals surface area contributed by atoms with Gasteiger partial charge in [-0.05, 0) is 46.1 Å². The van der Waals surface area contributed by atoms with Crippen LogP contribution in [0, 0.1) is 5.92 Å². The lowest BCUT2D eigenvalue weighted by Gasteiger charge is -2.36. The average Bonchev–Trinajstić information content (AvgIpc) is 2.23. The molecule has 1 aliphatic carbocycles. The van der Waals surface area contributed by atoms with Crippen LogP contribution in [0.3, 0.4) is 0 Å². The van der Waals surface area contributed by atoms with Crippen molar-refractivity contribution >= 4 is 5.91 Å². The summed E-state index contributed by atoms with van der Waals surface area (Å²) in [7, 11) is 0. The third kappa shape index (κ3) is 5.91. The third-order valence-electron chi connectivity index (χ3n) is 3.85. The Morgan fingerprint density at radius 3 is 2.42 bits per heavy atom. The summed E-state index contributed by atoms with van der Waals surface area (Å²) >= 11 is 0. The molecule has 3 N–H and O–H groups in total. The SMILES string of the molecule is CCN(CC1CCC1)C(CN)CC(=O)NC(C)(C)C. The van der Waals surface area contributed by atoms with Crippen molar-refractivity contribution in [2.45, 2.75) is 65.0 Å². The minimum Gasteiger partial charge on any atom is -0.351 e. The van der Waals surface area contributed by atoms with Gasteiger partial charge in [0.25, 0.3) is 0 Å². The van der Waals surface area contributed by atoms with Gasteiger partial charge in [0.2, 0.25) is 5.91 Å². The summed E-state index contributed by atoms with van der Waals surface area (Å²) in [6.45, 7) is 10.8. The van der Waals surface area contributed by atoms with Crippen molar-refractivity contribution < 1.29 is 4.79 Å². The fourth-order valence-electron chi connectivity index (χ4n) is 2.59. The van der Waals surface area contributed by atoms with E-state index in [1.165, 1.54) is 19.3 Å². The van der Waals surface area contributed by atoms with Gasteiger partial charge in [0, 0.05) is 31.1 Å². The largest absolute Gasteiger partial charge is 0.351 e. The molecule has 112 valence electrons. The van der Waals surface area contributed by atoms with E-state index in [4.69, 9.17) is 5.73 Å². The lowest BCUT2D eigenvalue weighted by Crippen LogP contribution is -2.49. The van der Waals surface area contributed by atoms with Crippen LogP contribution in [-0.4, -0.2) is 42.0 Å². The van der Waals surface area contributed by atoms with Crippen molar-refractivity contribution in [1.82, 2.24) is 10.2 Å². The van der Waals surface area contributed by atoms with Gasteiger partial charge in [-0.25, -0.2) is 0 Å². The number of amides is 1. The van der Waals surface area contributed by atoms with E-state index in [9.17, 15) is 4.79 Å². The van der Waals surface area contributed by atoms with Gasteiger partial charge in [0.05, 0.1) is 0 Å². The molecule has 0 saturated heterocycles. The van der Waals surface area contributed by atoms with E-state index in [0.717, 1.165) is 19.0 Å². The minimum atomic E-state index is -0.165. The Hall–Kier alpha value is -0.610. The fourth-order valence-corrected chi connectivity index (χ4v) is 2.59. The highest BCUT2D eigenvalue weighted by Gasteiger charge is 2.26. The van der Waals surface area contributed by atoms with Crippen molar-refractivity contribution in [3.05, 3.63) is 0 Å². The number of nitrogens with zero attached hydrogens (tertiary/aromatic N) is 1. The quantitative estimate of drug-likeness (QED) is 0.740. The molecular formula is C15H31N3O. The number of likely N-dealkylation sites (N-methyl/N-ethyl adjacent to an activating group) is 1. The second-order valence-corrected chi connectivity index (χ2v) is 6.78. The molecule has 1 aliphatic rings. The van der Waals surface area contributed by atoms with Crippen LogP contribution >= 0.6 is 0 Å². The Kier molecular flexibility index (Phi) is 6.27. The van der Waals surface area contributed by atoms with Gasteiger partial charge in [-0.1, -0.05) is 13.3 Å². The van der Waals surface area contributed by atoms with Gasteiger partial charge in [-0.15, -0.1) is 0 Å². The molecule has 0 aliphatic heterocycles. The number of hydrogen-bond donors (Lipinski definition) is 2. The van der Waals surface area contributed by atoms with Crippen LogP contribution in [0.4, 0.5) is 0 Å². The molecule has 1 amide bonds. The van der Waals surface area contributed by atoms with Gasteiger partial charge >= 0.3 is 0 Å². The van der Waals surface area contributed by atoms with Crippen LogP contribution < -0.4 is 11.1 Å². The lowest BCUT2D eigenvalue weighted by molar-refractivity contribution is -0.123. The molecule has 0 spiro atoms. The first-order valence-corrected chi connectivity index (χ1v) is 7.60. The summed E-state index contributed by atoms with van der Waals surface area (Å²) in [6, 6.07) is 0.174. The molecule has 1 unspecified atom stereocenters. The van der Waals surface area contributed by atoms with Gasteiger partial charge in [0.1, 0.15) is 0 Å². The van der Waals surface area contributed by atoms with Gasteiger partial charge < -0.3 is 11.1 Å². The van der Waals surface area contributed by atoms with Crippen LogP contribution in [0.2, 0.25) is 0 Å². The molecule has 0 aromatic carbocycles. The molecule has 0 aromatic heterocycles. The number of carbonyl (C=O) groups is 1. The highest BCUT2D eigenvalue weighted by molar-refractivity contribution is 5.77. The zero-order chi connectivity index (χ0) is 14.5. The molecule has 0 bridgehead atoms. The second kappa shape index (κ2) is 7.25. The number of hydrogen-bond acceptors (Lipinski definition) is 3. The molecule has 4 nitrogen and oxygen atoms in total. The summed E-state index contributed by atoms with van der Waals surface area (Å²) in [5.41, 5.74) is 5.71. The van der Waals surface area contributed by atoms with Crippen LogP contribution in [0.1, 0.15) is 53.4 Å². The highest BCUT2D eigenvalue weighted by Crippen LogP contribution is 2.27. The first kappa shape index (κ1) is 16.4. The maximum absolute atomic E-state index is 12.0. The van der Waals surface area contributed by atoms with Crippen LogP contribution in [0.25, 0.3) is 0 Å². The summed E-state index contributed by atoms with van der Waals surface area (Å²) in [5.74, 6) is 0.926. The van der Waals surface area contributed by atoms with E-state index in [-0.39, 0.29) is 17.5 Å². The molecule has 4 heteroatoms. The summed E-state index contributed by atoms with van der Waals surface area (Å²) < 4.78 is 0. The molecule has 1 atom stereocenters. The molecule has 0 aromatic rings. The number of nitrogens with two attached hydrogens (primary N) is 1. The third-order valence-corrected chi connectivity index (χ3v) is 3.85. The summed E-state index contributed by atoms with van der Waals surface area (Å²) in [5, 5.41) is 3.02. The van der Waals surface area contributed by atoms with E-state index >= 15 is 0 Å². The molecule has 19 heavy (non-hydrogen) atoms. The second-order valence-electron chi connectivity index (χ2n) is 6.78. The monoisotopic (exact) mass is 269 g/mol. The Bertz CT molecular complexity index is 282. The smallest absolute Gasteiger partial charge is 0.222 e. The van der Waals surface area contributed by atoms with Crippen molar-refractivity contribution in [3.63, 3.8) is 0 Å². The molecule has 1 saturated carbocycles. The maximum atomic E-state index is 12.0. The molecule has 0 radical (unpaired) electrons. The topological polar surface area (TPSA) is 58.4 Å². The Labute approximate surface area is 118 Å². The number of nitrogens with one attached hydrogen (secondary N) is 1. The fraction of sp³-hybridized carbons (Fsp3) is 0.933. The van der Waals surface area contributed by atoms with Gasteiger partial charge in [0.15, 0.2) is 0 Å². The van der Waals surface area contributed by atoms with E-state index in [0.29, 0.717) is 13.0 Å². The van der Waals surface area contributed by atoms with Gasteiger partial charge in [-0.3, -0.25) is 9.69 Å². The Balaban J connectivity index is 2.46. The average molecular weight is 269 g/mol. The number of rotatable bonds is 7. The Morgan fingerprint density at radius 1 is 1.42 bits per heavy atom. The first-order valence-electron chi connectivity index (χ1n) is 7.60.